The van der Waals surface area contributed by atoms with Crippen molar-refractivity contribution in [1.82, 2.24) is 4.90 Å². The number of hydrogen-bond acceptors (Lipinski definition) is 4. The van der Waals surface area contributed by atoms with E-state index in [1.165, 1.54) is 17.0 Å². The first-order chi connectivity index (χ1) is 7.99. The molecular weight excluding hydrogens is 244 g/mol. The summed E-state index contributed by atoms with van der Waals surface area (Å²) in [6, 6.07) is 4.61. The van der Waals surface area contributed by atoms with Crippen molar-refractivity contribution in [3.05, 3.63) is 28.8 Å². The summed E-state index contributed by atoms with van der Waals surface area (Å²) < 4.78 is 0. The van der Waals surface area contributed by atoms with Crippen LogP contribution >= 0.6 is 11.6 Å². The predicted molar refractivity (Wildman–Crippen MR) is 63.8 cm³/mol. The number of carbonyl (C=O) groups is 1. The molecule has 2 atom stereocenters. The molecule has 1 fully saturated rings. The summed E-state index contributed by atoms with van der Waals surface area (Å²) in [6.45, 7) is 0.226. The number of hydrogen-bond donors (Lipinski definition) is 3. The molecular formula is C11H13ClN2O3. The molecule has 0 bridgehead atoms. The summed E-state index contributed by atoms with van der Waals surface area (Å²) in [4.78, 5) is 13.4. The molecule has 1 aromatic carbocycles. The van der Waals surface area contributed by atoms with Gasteiger partial charge in [0, 0.05) is 23.8 Å². The Kier molecular flexibility index (Phi) is 3.24. The number of rotatable bonds is 1. The van der Waals surface area contributed by atoms with Gasteiger partial charge in [0.25, 0.3) is 5.91 Å². The number of aliphatic hydroxyl groups excluding tert-OH is 2. The lowest BCUT2D eigenvalue weighted by Gasteiger charge is -2.16. The van der Waals surface area contributed by atoms with Gasteiger partial charge in [0.05, 0.1) is 17.8 Å². The zero-order chi connectivity index (χ0) is 12.6. The molecule has 0 aliphatic carbocycles. The average Bonchev–Trinajstić information content (AvgIpc) is 2.58. The lowest BCUT2D eigenvalue weighted by Crippen LogP contribution is -2.30. The Balaban J connectivity index is 2.20. The molecule has 0 aromatic heterocycles. The van der Waals surface area contributed by atoms with Gasteiger partial charge in [-0.3, -0.25) is 4.79 Å². The van der Waals surface area contributed by atoms with Crippen LogP contribution in [0.15, 0.2) is 18.2 Å². The van der Waals surface area contributed by atoms with Crippen LogP contribution in [0.25, 0.3) is 0 Å². The minimum Gasteiger partial charge on any atom is -0.398 e. The van der Waals surface area contributed by atoms with Gasteiger partial charge < -0.3 is 20.8 Å². The highest BCUT2D eigenvalue weighted by molar-refractivity contribution is 6.31. The Labute approximate surface area is 103 Å². The zero-order valence-corrected chi connectivity index (χ0v) is 9.76. The Hall–Kier alpha value is -1.30. The molecule has 1 aromatic rings. The van der Waals surface area contributed by atoms with Crippen LogP contribution in [0.4, 0.5) is 5.69 Å². The van der Waals surface area contributed by atoms with Crippen LogP contribution in [-0.2, 0) is 0 Å². The van der Waals surface area contributed by atoms with Gasteiger partial charge in [0.15, 0.2) is 0 Å². The summed E-state index contributed by atoms with van der Waals surface area (Å²) in [6.07, 6.45) is -1.79. The van der Waals surface area contributed by atoms with Gasteiger partial charge in [0.1, 0.15) is 0 Å². The van der Waals surface area contributed by atoms with Crippen molar-refractivity contribution in [3.63, 3.8) is 0 Å². The van der Waals surface area contributed by atoms with Gasteiger partial charge in [0.2, 0.25) is 0 Å². The Morgan fingerprint density at radius 3 is 2.47 bits per heavy atom. The van der Waals surface area contributed by atoms with E-state index in [0.29, 0.717) is 16.3 Å². The second kappa shape index (κ2) is 4.52. The molecule has 0 spiro atoms. The predicted octanol–water partition coefficient (Wildman–Crippen LogP) is 0.0998. The van der Waals surface area contributed by atoms with E-state index in [-0.39, 0.29) is 19.0 Å². The van der Waals surface area contributed by atoms with Gasteiger partial charge in [-0.2, -0.15) is 0 Å². The minimum absolute atomic E-state index is 0.113. The van der Waals surface area contributed by atoms with Gasteiger partial charge in [-0.1, -0.05) is 11.6 Å². The normalized spacial score (nSPS) is 24.1. The molecule has 1 heterocycles. The molecule has 0 saturated carbocycles. The first kappa shape index (κ1) is 12.2. The van der Waals surface area contributed by atoms with Crippen molar-refractivity contribution in [1.29, 1.82) is 0 Å². The number of likely N-dealkylation sites (tertiary alicyclic amines) is 1. The van der Waals surface area contributed by atoms with E-state index < -0.39 is 12.2 Å². The molecule has 5 nitrogen and oxygen atoms in total. The molecule has 17 heavy (non-hydrogen) atoms. The van der Waals surface area contributed by atoms with Crippen molar-refractivity contribution >= 4 is 23.2 Å². The number of halogens is 1. The number of β-amino-alcohol motifs (C(OH)–C–C–N with tert-alkyl or cyclic N) is 2. The van der Waals surface area contributed by atoms with Crippen LogP contribution in [-0.4, -0.2) is 46.3 Å². The van der Waals surface area contributed by atoms with E-state index in [1.54, 1.807) is 6.07 Å². The van der Waals surface area contributed by atoms with Gasteiger partial charge in [-0.25, -0.2) is 0 Å². The molecule has 1 aliphatic heterocycles. The van der Waals surface area contributed by atoms with Crippen LogP contribution < -0.4 is 5.73 Å². The summed E-state index contributed by atoms with van der Waals surface area (Å²) in [5.74, 6) is -0.310. The number of nitrogen functional groups attached to an aromatic ring is 1. The summed E-state index contributed by atoms with van der Waals surface area (Å²) in [5, 5.41) is 19.2. The standard InChI is InChI=1S/C11H13ClN2O3/c12-6-1-2-7(8(13)3-6)11(17)14-4-9(15)10(16)5-14/h1-3,9-10,15-16H,4-5,13H2/t9-,10+. The van der Waals surface area contributed by atoms with Crippen LogP contribution in [0, 0.1) is 0 Å². The quantitative estimate of drug-likeness (QED) is 0.622. The molecule has 0 unspecified atom stereocenters. The van der Waals surface area contributed by atoms with E-state index >= 15 is 0 Å². The molecule has 92 valence electrons. The molecule has 1 aliphatic rings. The summed E-state index contributed by atoms with van der Waals surface area (Å²) in [7, 11) is 0. The first-order valence-electron chi connectivity index (χ1n) is 5.19. The zero-order valence-electron chi connectivity index (χ0n) is 9.01. The highest BCUT2D eigenvalue weighted by Gasteiger charge is 2.33. The fourth-order valence-corrected chi connectivity index (χ4v) is 2.01. The van der Waals surface area contributed by atoms with E-state index in [1.807, 2.05) is 0 Å². The summed E-state index contributed by atoms with van der Waals surface area (Å²) in [5.41, 5.74) is 6.32. The van der Waals surface area contributed by atoms with E-state index in [9.17, 15) is 15.0 Å². The fourth-order valence-electron chi connectivity index (χ4n) is 1.83. The largest absolute Gasteiger partial charge is 0.398 e. The maximum absolute atomic E-state index is 12.1. The highest BCUT2D eigenvalue weighted by Crippen LogP contribution is 2.21. The lowest BCUT2D eigenvalue weighted by atomic mass is 10.1. The van der Waals surface area contributed by atoms with Gasteiger partial charge in [-0.05, 0) is 18.2 Å². The fraction of sp³-hybridized carbons (Fsp3) is 0.364. The molecule has 1 amide bonds. The number of benzene rings is 1. The van der Waals surface area contributed by atoms with Crippen molar-refractivity contribution in [2.24, 2.45) is 0 Å². The van der Waals surface area contributed by atoms with Gasteiger partial charge >= 0.3 is 0 Å². The molecule has 6 heteroatoms. The van der Waals surface area contributed by atoms with Gasteiger partial charge in [-0.15, -0.1) is 0 Å². The summed E-state index contributed by atoms with van der Waals surface area (Å²) >= 11 is 5.74. The minimum atomic E-state index is -0.896. The van der Waals surface area contributed by atoms with Crippen molar-refractivity contribution in [2.75, 3.05) is 18.8 Å². The Morgan fingerprint density at radius 1 is 1.35 bits per heavy atom. The second-order valence-electron chi connectivity index (χ2n) is 4.08. The number of nitrogens with two attached hydrogens (primary N) is 1. The van der Waals surface area contributed by atoms with Crippen molar-refractivity contribution in [3.8, 4) is 0 Å². The second-order valence-corrected chi connectivity index (χ2v) is 4.51. The Bertz CT molecular complexity index is 442. The maximum Gasteiger partial charge on any atom is 0.256 e. The van der Waals surface area contributed by atoms with Crippen LogP contribution in [0.3, 0.4) is 0 Å². The van der Waals surface area contributed by atoms with Crippen LogP contribution in [0.5, 0.6) is 0 Å². The third-order valence-electron chi connectivity index (χ3n) is 2.79. The average molecular weight is 257 g/mol. The third kappa shape index (κ3) is 2.36. The highest BCUT2D eigenvalue weighted by atomic mass is 35.5. The smallest absolute Gasteiger partial charge is 0.256 e. The number of amides is 1. The monoisotopic (exact) mass is 256 g/mol. The van der Waals surface area contributed by atoms with Crippen LogP contribution in [0.1, 0.15) is 10.4 Å². The Morgan fingerprint density at radius 2 is 1.94 bits per heavy atom. The molecule has 1 saturated heterocycles. The molecule has 0 radical (unpaired) electrons. The van der Waals surface area contributed by atoms with E-state index in [2.05, 4.69) is 0 Å². The number of anilines is 1. The topological polar surface area (TPSA) is 86.8 Å². The molecule has 4 N–H and O–H groups in total. The van der Waals surface area contributed by atoms with Crippen molar-refractivity contribution in [2.45, 2.75) is 12.2 Å². The number of aliphatic hydroxyl groups is 2. The molecule has 2 rings (SSSR count). The van der Waals surface area contributed by atoms with E-state index in [0.717, 1.165) is 0 Å². The maximum atomic E-state index is 12.1. The van der Waals surface area contributed by atoms with Crippen molar-refractivity contribution < 1.29 is 15.0 Å². The SMILES string of the molecule is Nc1cc(Cl)ccc1C(=O)N1C[C@@H](O)[C@@H](O)C1. The first-order valence-corrected chi connectivity index (χ1v) is 5.57. The number of nitrogens with zero attached hydrogens (tertiary/aromatic N) is 1. The van der Waals surface area contributed by atoms with E-state index in [4.69, 9.17) is 17.3 Å². The lowest BCUT2D eigenvalue weighted by molar-refractivity contribution is 0.0572. The third-order valence-corrected chi connectivity index (χ3v) is 3.03. The van der Waals surface area contributed by atoms with Crippen LogP contribution in [0.2, 0.25) is 5.02 Å². The number of carbonyl (C=O) groups excluding carboxylic acids is 1.